The molecule has 1 amide bonds. The Morgan fingerprint density at radius 2 is 2.55 bits per heavy atom. The van der Waals surface area contributed by atoms with Crippen LogP contribution in [-0.2, 0) is 4.74 Å². The molecule has 1 aromatic rings. The van der Waals surface area contributed by atoms with Crippen LogP contribution in [0.25, 0.3) is 0 Å². The molecule has 0 bridgehead atoms. The molecule has 0 spiro atoms. The molecular formula is C7H8N2O2. The highest BCUT2D eigenvalue weighted by molar-refractivity contribution is 5.83. The largest absolute Gasteiger partial charge is 0.453 e. The van der Waals surface area contributed by atoms with E-state index in [4.69, 9.17) is 0 Å². The lowest BCUT2D eigenvalue weighted by molar-refractivity contribution is 0.187. The molecule has 0 saturated carbocycles. The molecular weight excluding hydrogens is 144 g/mol. The quantitative estimate of drug-likeness (QED) is 0.659. The van der Waals surface area contributed by atoms with Crippen molar-refractivity contribution in [1.29, 1.82) is 0 Å². The number of nitrogens with zero attached hydrogens (tertiary/aromatic N) is 1. The fourth-order valence-corrected chi connectivity index (χ4v) is 0.606. The molecule has 1 aromatic heterocycles. The minimum Gasteiger partial charge on any atom is -0.453 e. The first-order valence-corrected chi connectivity index (χ1v) is 3.08. The van der Waals surface area contributed by atoms with Gasteiger partial charge in [-0.25, -0.2) is 4.79 Å². The SMILES string of the molecule is COC(=O)Nc1cccnc1. The standard InChI is InChI=1S/C7H8N2O2/c1-11-7(10)9-6-3-2-4-8-5-6/h2-5H,1H3,(H,9,10). The minimum absolute atomic E-state index is 0.488. The number of nitrogens with one attached hydrogen (secondary N) is 1. The van der Waals surface area contributed by atoms with Gasteiger partial charge in [0.1, 0.15) is 0 Å². The van der Waals surface area contributed by atoms with Crippen molar-refractivity contribution in [1.82, 2.24) is 4.98 Å². The summed E-state index contributed by atoms with van der Waals surface area (Å²) in [5.74, 6) is 0. The van der Waals surface area contributed by atoms with E-state index >= 15 is 0 Å². The molecule has 0 fully saturated rings. The average molecular weight is 152 g/mol. The second-order valence-corrected chi connectivity index (χ2v) is 1.86. The Morgan fingerprint density at radius 3 is 3.09 bits per heavy atom. The molecule has 0 aliphatic heterocycles. The van der Waals surface area contributed by atoms with Gasteiger partial charge in [-0.3, -0.25) is 10.3 Å². The molecule has 4 heteroatoms. The Balaban J connectivity index is 2.58. The van der Waals surface area contributed by atoms with Gasteiger partial charge in [0.2, 0.25) is 0 Å². The van der Waals surface area contributed by atoms with E-state index in [1.165, 1.54) is 13.3 Å². The normalized spacial score (nSPS) is 8.82. The first kappa shape index (κ1) is 7.53. The summed E-state index contributed by atoms with van der Waals surface area (Å²) in [6.45, 7) is 0. The number of aromatic nitrogens is 1. The third kappa shape index (κ3) is 2.25. The number of rotatable bonds is 1. The Kier molecular flexibility index (Phi) is 2.43. The van der Waals surface area contributed by atoms with Crippen molar-refractivity contribution in [2.24, 2.45) is 0 Å². The summed E-state index contributed by atoms with van der Waals surface area (Å²) >= 11 is 0. The number of carbonyl (C=O) groups is 1. The third-order valence-electron chi connectivity index (χ3n) is 1.09. The maximum absolute atomic E-state index is 10.6. The summed E-state index contributed by atoms with van der Waals surface area (Å²) in [5, 5.41) is 2.47. The number of hydrogen-bond donors (Lipinski definition) is 1. The zero-order chi connectivity index (χ0) is 8.10. The number of methoxy groups -OCH3 is 1. The van der Waals surface area contributed by atoms with Gasteiger partial charge in [-0.2, -0.15) is 0 Å². The Morgan fingerprint density at radius 1 is 1.73 bits per heavy atom. The summed E-state index contributed by atoms with van der Waals surface area (Å²) < 4.78 is 4.38. The summed E-state index contributed by atoms with van der Waals surface area (Å²) in [5.41, 5.74) is 0.624. The zero-order valence-corrected chi connectivity index (χ0v) is 6.07. The van der Waals surface area contributed by atoms with E-state index in [-0.39, 0.29) is 0 Å². The first-order valence-electron chi connectivity index (χ1n) is 3.08. The Labute approximate surface area is 64.2 Å². The van der Waals surface area contributed by atoms with E-state index in [9.17, 15) is 4.79 Å². The van der Waals surface area contributed by atoms with Crippen molar-refractivity contribution < 1.29 is 9.53 Å². The summed E-state index contributed by atoms with van der Waals surface area (Å²) in [4.78, 5) is 14.4. The van der Waals surface area contributed by atoms with Crippen LogP contribution in [0.5, 0.6) is 0 Å². The topological polar surface area (TPSA) is 51.2 Å². The van der Waals surface area contributed by atoms with Crippen LogP contribution in [0, 0.1) is 0 Å². The molecule has 0 aliphatic rings. The van der Waals surface area contributed by atoms with E-state index in [1.54, 1.807) is 18.3 Å². The molecule has 0 atom stereocenters. The van der Waals surface area contributed by atoms with Gasteiger partial charge >= 0.3 is 6.09 Å². The van der Waals surface area contributed by atoms with Crippen LogP contribution >= 0.6 is 0 Å². The van der Waals surface area contributed by atoms with Gasteiger partial charge in [0, 0.05) is 6.20 Å². The number of pyridine rings is 1. The third-order valence-corrected chi connectivity index (χ3v) is 1.09. The van der Waals surface area contributed by atoms with Crippen molar-refractivity contribution in [2.45, 2.75) is 0 Å². The van der Waals surface area contributed by atoms with Gasteiger partial charge in [-0.05, 0) is 12.1 Å². The lowest BCUT2D eigenvalue weighted by Gasteiger charge is -2.00. The maximum Gasteiger partial charge on any atom is 0.411 e. The average Bonchev–Trinajstić information content (AvgIpc) is 2.06. The van der Waals surface area contributed by atoms with Crippen LogP contribution in [0.1, 0.15) is 0 Å². The molecule has 11 heavy (non-hydrogen) atoms. The molecule has 1 rings (SSSR count). The van der Waals surface area contributed by atoms with Crippen LogP contribution < -0.4 is 5.32 Å². The molecule has 1 N–H and O–H groups in total. The Hall–Kier alpha value is -1.58. The van der Waals surface area contributed by atoms with Gasteiger partial charge in [-0.15, -0.1) is 0 Å². The minimum atomic E-state index is -0.488. The maximum atomic E-state index is 10.6. The molecule has 0 aromatic carbocycles. The lowest BCUT2D eigenvalue weighted by Crippen LogP contribution is -2.10. The van der Waals surface area contributed by atoms with Gasteiger partial charge in [0.25, 0.3) is 0 Å². The second-order valence-electron chi connectivity index (χ2n) is 1.86. The molecule has 0 radical (unpaired) electrons. The van der Waals surface area contributed by atoms with Crippen molar-refractivity contribution in [3.05, 3.63) is 24.5 Å². The van der Waals surface area contributed by atoms with Crippen LogP contribution in [0.4, 0.5) is 10.5 Å². The van der Waals surface area contributed by atoms with E-state index in [0.717, 1.165) is 0 Å². The van der Waals surface area contributed by atoms with Crippen molar-refractivity contribution in [3.63, 3.8) is 0 Å². The van der Waals surface area contributed by atoms with Crippen LogP contribution in [0.3, 0.4) is 0 Å². The fraction of sp³-hybridized carbons (Fsp3) is 0.143. The number of carbonyl (C=O) groups excluding carboxylic acids is 1. The van der Waals surface area contributed by atoms with E-state index in [0.29, 0.717) is 5.69 Å². The van der Waals surface area contributed by atoms with Gasteiger partial charge in [0.15, 0.2) is 0 Å². The van der Waals surface area contributed by atoms with Crippen LogP contribution in [-0.4, -0.2) is 18.2 Å². The number of hydrogen-bond acceptors (Lipinski definition) is 3. The first-order chi connectivity index (χ1) is 5.33. The predicted molar refractivity (Wildman–Crippen MR) is 40.3 cm³/mol. The van der Waals surface area contributed by atoms with Gasteiger partial charge in [-0.1, -0.05) is 0 Å². The van der Waals surface area contributed by atoms with Crippen molar-refractivity contribution in [3.8, 4) is 0 Å². The molecule has 0 saturated heterocycles. The summed E-state index contributed by atoms with van der Waals surface area (Å²) in [6.07, 6.45) is 2.68. The van der Waals surface area contributed by atoms with Crippen molar-refractivity contribution in [2.75, 3.05) is 12.4 Å². The van der Waals surface area contributed by atoms with E-state index in [2.05, 4.69) is 15.0 Å². The van der Waals surface area contributed by atoms with E-state index in [1.807, 2.05) is 0 Å². The highest BCUT2D eigenvalue weighted by atomic mass is 16.5. The predicted octanol–water partition coefficient (Wildman–Crippen LogP) is 1.26. The zero-order valence-electron chi connectivity index (χ0n) is 6.07. The number of anilines is 1. The number of amides is 1. The van der Waals surface area contributed by atoms with Gasteiger partial charge < -0.3 is 4.74 Å². The molecule has 0 unspecified atom stereocenters. The monoisotopic (exact) mass is 152 g/mol. The Bertz CT molecular complexity index is 235. The lowest BCUT2D eigenvalue weighted by atomic mass is 10.4. The van der Waals surface area contributed by atoms with Crippen LogP contribution in [0.2, 0.25) is 0 Å². The summed E-state index contributed by atoms with van der Waals surface area (Å²) in [7, 11) is 1.31. The smallest absolute Gasteiger partial charge is 0.411 e. The van der Waals surface area contributed by atoms with Crippen LogP contribution in [0.15, 0.2) is 24.5 Å². The van der Waals surface area contributed by atoms with Gasteiger partial charge in [0.05, 0.1) is 19.0 Å². The molecule has 0 aliphatic carbocycles. The fourth-order valence-electron chi connectivity index (χ4n) is 0.606. The highest BCUT2D eigenvalue weighted by Crippen LogP contribution is 2.01. The molecule has 1 heterocycles. The number of ether oxygens (including phenoxy) is 1. The highest BCUT2D eigenvalue weighted by Gasteiger charge is 1.97. The van der Waals surface area contributed by atoms with Crippen molar-refractivity contribution >= 4 is 11.8 Å². The second kappa shape index (κ2) is 3.55. The molecule has 58 valence electrons. The van der Waals surface area contributed by atoms with E-state index < -0.39 is 6.09 Å². The summed E-state index contributed by atoms with van der Waals surface area (Å²) in [6, 6.07) is 3.45. The molecule has 4 nitrogen and oxygen atoms in total.